The summed E-state index contributed by atoms with van der Waals surface area (Å²) < 4.78 is 4.80. The number of H-pyrrole nitrogens is 2. The second-order valence-electron chi connectivity index (χ2n) is 23.0. The summed E-state index contributed by atoms with van der Waals surface area (Å²) in [6.07, 6.45) is 0. The maximum absolute atomic E-state index is 3.75. The van der Waals surface area contributed by atoms with Crippen LogP contribution in [0.4, 0.5) is 0 Å². The minimum atomic E-state index is 1.13. The van der Waals surface area contributed by atoms with Crippen molar-refractivity contribution in [2.45, 2.75) is 0 Å². The number of hydrogen-bond donors (Lipinski definition) is 2. The van der Waals surface area contributed by atoms with Gasteiger partial charge >= 0.3 is 0 Å². The SMILES string of the molecule is c1ccc(-c2ccc(-c3ccc4[nH]c5ccc(-c6ccc7c(c6)c6ccccc6n7-c6ccc(-c7cc(-c8ccc9[nH]c%10ccc(-c%11ccc%12c(c%11)c%11ccccc%11n%12-c%11ccccc%11)cc%10c9c8)c8ccccc8c7)cc6)cc5c4c3)cc2)cc1. The molecule has 400 valence electrons. The minimum Gasteiger partial charge on any atom is -0.355 e. The molecule has 4 nitrogen and oxygen atoms in total. The zero-order chi connectivity index (χ0) is 56.4. The van der Waals surface area contributed by atoms with Gasteiger partial charge in [-0.05, 0) is 199 Å². The summed E-state index contributed by atoms with van der Waals surface area (Å²) in [5, 5.41) is 12.3. The Kier molecular flexibility index (Phi) is 10.7. The van der Waals surface area contributed by atoms with E-state index in [2.05, 4.69) is 322 Å². The van der Waals surface area contributed by atoms with Gasteiger partial charge in [-0.15, -0.1) is 0 Å². The highest BCUT2D eigenvalue weighted by Gasteiger charge is 2.19. The Bertz CT molecular complexity index is 5740. The number of aromatic nitrogens is 4. The lowest BCUT2D eigenvalue weighted by atomic mass is 9.92. The zero-order valence-electron chi connectivity index (χ0n) is 46.8. The number of nitrogens with one attached hydrogen (secondary N) is 2. The van der Waals surface area contributed by atoms with E-state index in [9.17, 15) is 0 Å². The first-order valence-electron chi connectivity index (χ1n) is 29.6. The molecule has 0 amide bonds. The molecule has 0 radical (unpaired) electrons. The monoisotopic (exact) mass is 1090 g/mol. The fourth-order valence-electron chi connectivity index (χ4n) is 13.9. The van der Waals surface area contributed by atoms with Crippen LogP contribution in [0, 0.1) is 0 Å². The van der Waals surface area contributed by atoms with Gasteiger partial charge in [0.1, 0.15) is 0 Å². The van der Waals surface area contributed by atoms with Crippen LogP contribution in [-0.2, 0) is 0 Å². The molecule has 2 N–H and O–H groups in total. The van der Waals surface area contributed by atoms with Crippen LogP contribution < -0.4 is 0 Å². The molecule has 4 aromatic heterocycles. The Hall–Kier alpha value is -11.5. The number of benzene rings is 14. The number of rotatable bonds is 8. The average molecular weight is 1090 g/mol. The molecule has 0 aliphatic carbocycles. The van der Waals surface area contributed by atoms with Crippen molar-refractivity contribution in [2.24, 2.45) is 0 Å². The lowest BCUT2D eigenvalue weighted by Crippen LogP contribution is -1.94. The van der Waals surface area contributed by atoms with Gasteiger partial charge in [-0.2, -0.15) is 0 Å². The Morgan fingerprint density at radius 1 is 0.186 bits per heavy atom. The third-order valence-corrected chi connectivity index (χ3v) is 18.2. The number of aromatic amines is 2. The maximum Gasteiger partial charge on any atom is 0.0541 e. The molecular formula is C82H52N4. The fourth-order valence-corrected chi connectivity index (χ4v) is 13.9. The van der Waals surface area contributed by atoms with Crippen molar-refractivity contribution in [3.8, 4) is 78.1 Å². The summed E-state index contributed by atoms with van der Waals surface area (Å²) >= 11 is 0. The van der Waals surface area contributed by atoms with E-state index in [4.69, 9.17) is 0 Å². The second-order valence-corrected chi connectivity index (χ2v) is 23.0. The Morgan fingerprint density at radius 2 is 0.523 bits per heavy atom. The summed E-state index contributed by atoms with van der Waals surface area (Å²) in [7, 11) is 0. The quantitative estimate of drug-likeness (QED) is 0.152. The van der Waals surface area contributed by atoms with E-state index in [-0.39, 0.29) is 0 Å². The first-order valence-corrected chi connectivity index (χ1v) is 29.6. The van der Waals surface area contributed by atoms with E-state index >= 15 is 0 Å². The zero-order valence-corrected chi connectivity index (χ0v) is 46.8. The normalized spacial score (nSPS) is 12.0. The first-order chi connectivity index (χ1) is 42.6. The minimum absolute atomic E-state index is 1.13. The smallest absolute Gasteiger partial charge is 0.0541 e. The molecule has 86 heavy (non-hydrogen) atoms. The molecule has 0 saturated heterocycles. The molecule has 0 aliphatic heterocycles. The van der Waals surface area contributed by atoms with E-state index in [0.29, 0.717) is 0 Å². The third kappa shape index (κ3) is 7.70. The Morgan fingerprint density at radius 3 is 1.06 bits per heavy atom. The lowest BCUT2D eigenvalue weighted by Gasteiger charge is -2.13. The lowest BCUT2D eigenvalue weighted by molar-refractivity contribution is 1.18. The van der Waals surface area contributed by atoms with Crippen LogP contribution in [-0.4, -0.2) is 19.1 Å². The first kappa shape index (κ1) is 48.1. The van der Waals surface area contributed by atoms with Crippen LogP contribution in [0.25, 0.3) is 176 Å². The summed E-state index contributed by atoms with van der Waals surface area (Å²) in [5.74, 6) is 0. The summed E-state index contributed by atoms with van der Waals surface area (Å²) in [6, 6.07) is 112. The van der Waals surface area contributed by atoms with Crippen LogP contribution in [0.15, 0.2) is 303 Å². The number of para-hydroxylation sites is 3. The van der Waals surface area contributed by atoms with Gasteiger partial charge in [0.05, 0.1) is 22.1 Å². The molecule has 0 spiro atoms. The summed E-state index contributed by atoms with van der Waals surface area (Å²) in [4.78, 5) is 7.44. The van der Waals surface area contributed by atoms with Crippen LogP contribution in [0.3, 0.4) is 0 Å². The fraction of sp³-hybridized carbons (Fsp3) is 0. The van der Waals surface area contributed by atoms with Crippen LogP contribution in [0.2, 0.25) is 0 Å². The molecule has 18 aromatic rings. The van der Waals surface area contributed by atoms with E-state index < -0.39 is 0 Å². The van der Waals surface area contributed by atoms with Gasteiger partial charge < -0.3 is 19.1 Å². The van der Waals surface area contributed by atoms with Gasteiger partial charge in [-0.1, -0.05) is 182 Å². The third-order valence-electron chi connectivity index (χ3n) is 18.2. The van der Waals surface area contributed by atoms with Crippen LogP contribution in [0.1, 0.15) is 0 Å². The molecule has 0 fully saturated rings. The molecule has 0 saturated carbocycles. The highest BCUT2D eigenvalue weighted by Crippen LogP contribution is 2.42. The Balaban J connectivity index is 0.676. The number of fused-ring (bicyclic) bond motifs is 13. The molecule has 0 bridgehead atoms. The van der Waals surface area contributed by atoms with Gasteiger partial charge in [0.2, 0.25) is 0 Å². The topological polar surface area (TPSA) is 41.4 Å². The van der Waals surface area contributed by atoms with Gasteiger partial charge in [0, 0.05) is 76.5 Å². The molecule has 0 unspecified atom stereocenters. The molecule has 18 rings (SSSR count). The predicted octanol–water partition coefficient (Wildman–Crippen LogP) is 22.3. The molecule has 14 aromatic carbocycles. The average Bonchev–Trinajstić information content (AvgIpc) is 2.91. The van der Waals surface area contributed by atoms with Crippen molar-refractivity contribution in [2.75, 3.05) is 0 Å². The van der Waals surface area contributed by atoms with Crippen LogP contribution >= 0.6 is 0 Å². The van der Waals surface area contributed by atoms with E-state index in [1.807, 2.05) is 0 Å². The van der Waals surface area contributed by atoms with Crippen molar-refractivity contribution in [3.05, 3.63) is 303 Å². The van der Waals surface area contributed by atoms with Crippen molar-refractivity contribution in [3.63, 3.8) is 0 Å². The van der Waals surface area contributed by atoms with Crippen molar-refractivity contribution < 1.29 is 0 Å². The molecule has 4 heteroatoms. The second kappa shape index (κ2) is 19.0. The molecule has 0 aliphatic rings. The molecular weight excluding hydrogens is 1040 g/mol. The largest absolute Gasteiger partial charge is 0.355 e. The van der Waals surface area contributed by atoms with Crippen molar-refractivity contribution in [1.29, 1.82) is 0 Å². The van der Waals surface area contributed by atoms with Gasteiger partial charge in [-0.3, -0.25) is 0 Å². The molecule has 0 atom stereocenters. The predicted molar refractivity (Wildman–Crippen MR) is 364 cm³/mol. The van der Waals surface area contributed by atoms with Gasteiger partial charge in [0.15, 0.2) is 0 Å². The summed E-state index contributed by atoms with van der Waals surface area (Å²) in [5.41, 5.74) is 26.0. The standard InChI is InChI=1S/C82H52N4/c1-3-13-51(14-4-1)52-23-25-53(26-24-52)55-29-37-75-69(44-55)70-45-56(30-38-76(70)83-75)59-34-42-82-74(48-59)67-20-10-12-22-80(67)86(82)64-35-27-54(28-36-64)62-43-60-15-7-8-18-65(60)68(50-62)61-32-40-78-72(49-61)71-46-57(31-39-77(71)84-78)58-33-41-81-73(47-58)66-19-9-11-21-79(66)85(81)63-16-5-2-6-17-63/h1-50,83-84H. The van der Waals surface area contributed by atoms with E-state index in [0.717, 1.165) is 27.8 Å². The number of hydrogen-bond acceptors (Lipinski definition) is 0. The van der Waals surface area contributed by atoms with Crippen molar-refractivity contribution >= 4 is 98.0 Å². The highest BCUT2D eigenvalue weighted by atomic mass is 15.0. The van der Waals surface area contributed by atoms with E-state index in [1.165, 1.54) is 148 Å². The summed E-state index contributed by atoms with van der Waals surface area (Å²) in [6.45, 7) is 0. The van der Waals surface area contributed by atoms with E-state index in [1.54, 1.807) is 0 Å². The van der Waals surface area contributed by atoms with Gasteiger partial charge in [0.25, 0.3) is 0 Å². The maximum atomic E-state index is 3.75. The Labute approximate surface area is 495 Å². The number of nitrogens with zero attached hydrogens (tertiary/aromatic N) is 2. The molecule has 4 heterocycles. The van der Waals surface area contributed by atoms with Crippen LogP contribution in [0.5, 0.6) is 0 Å². The highest BCUT2D eigenvalue weighted by molar-refractivity contribution is 6.15. The van der Waals surface area contributed by atoms with Gasteiger partial charge in [-0.25, -0.2) is 0 Å². The van der Waals surface area contributed by atoms with Crippen molar-refractivity contribution in [1.82, 2.24) is 19.1 Å².